The van der Waals surface area contributed by atoms with Gasteiger partial charge in [-0.3, -0.25) is 4.99 Å². The zero-order chi connectivity index (χ0) is 16.1. The van der Waals surface area contributed by atoms with Crippen molar-refractivity contribution in [2.45, 2.75) is 27.2 Å². The Balaban J connectivity index is 2.34. The summed E-state index contributed by atoms with van der Waals surface area (Å²) in [5.41, 5.74) is 4.41. The fourth-order valence-electron chi connectivity index (χ4n) is 1.98. The van der Waals surface area contributed by atoms with Gasteiger partial charge in [0.1, 0.15) is 5.75 Å². The number of aliphatic imine (C=N–C) groups is 1. The maximum absolute atomic E-state index is 5.84. The topological polar surface area (TPSA) is 21.6 Å². The minimum absolute atomic E-state index is 0.685. The lowest BCUT2D eigenvalue weighted by atomic mass is 10.1. The molecule has 0 saturated carbocycles. The average molecular weight is 425 g/mol. The first-order chi connectivity index (χ1) is 10.5. The van der Waals surface area contributed by atoms with Crippen molar-refractivity contribution in [1.82, 2.24) is 0 Å². The second-order valence-electron chi connectivity index (χ2n) is 5.18. The first-order valence-electron chi connectivity index (χ1n) is 7.24. The Hall–Kier alpha value is -1.13. The largest absolute Gasteiger partial charge is 0.492 e. The van der Waals surface area contributed by atoms with Crippen LogP contribution in [-0.2, 0) is 0 Å². The van der Waals surface area contributed by atoms with Crippen LogP contribution in [0.15, 0.2) is 44.3 Å². The molecule has 0 spiro atoms. The Morgan fingerprint density at radius 2 is 1.86 bits per heavy atom. The molecule has 0 N–H and O–H groups in total. The van der Waals surface area contributed by atoms with Crippen molar-refractivity contribution >= 4 is 43.8 Å². The summed E-state index contributed by atoms with van der Waals surface area (Å²) in [5.74, 6) is 0.831. The smallest absolute Gasteiger partial charge is 0.142 e. The Bertz CT molecular complexity index is 696. The number of benzene rings is 2. The van der Waals surface area contributed by atoms with Crippen LogP contribution in [-0.4, -0.2) is 12.8 Å². The highest BCUT2D eigenvalue weighted by Gasteiger charge is 2.08. The molecule has 0 bridgehead atoms. The Morgan fingerprint density at radius 1 is 1.09 bits per heavy atom. The van der Waals surface area contributed by atoms with E-state index in [2.05, 4.69) is 69.8 Å². The van der Waals surface area contributed by atoms with E-state index >= 15 is 0 Å². The minimum Gasteiger partial charge on any atom is -0.492 e. The fourth-order valence-corrected chi connectivity index (χ4v) is 3.36. The molecule has 2 aromatic rings. The van der Waals surface area contributed by atoms with E-state index in [9.17, 15) is 0 Å². The molecule has 0 aliphatic carbocycles. The molecule has 2 nitrogen and oxygen atoms in total. The van der Waals surface area contributed by atoms with Crippen LogP contribution < -0.4 is 4.74 Å². The molecule has 2 aromatic carbocycles. The van der Waals surface area contributed by atoms with Crippen molar-refractivity contribution in [3.8, 4) is 5.75 Å². The SMILES string of the molecule is CCCOc1c(Br)cc(Br)cc1C=Nc1ccc(C)c(C)c1. The van der Waals surface area contributed by atoms with Crippen LogP contribution in [0.5, 0.6) is 5.75 Å². The second kappa shape index (κ2) is 7.93. The molecule has 116 valence electrons. The van der Waals surface area contributed by atoms with Crippen LogP contribution in [0.2, 0.25) is 0 Å². The highest BCUT2D eigenvalue weighted by Crippen LogP contribution is 2.32. The molecule has 0 fully saturated rings. The van der Waals surface area contributed by atoms with Crippen LogP contribution >= 0.6 is 31.9 Å². The highest BCUT2D eigenvalue weighted by molar-refractivity contribution is 9.11. The normalized spacial score (nSPS) is 11.1. The number of halogens is 2. The van der Waals surface area contributed by atoms with Crippen molar-refractivity contribution in [2.24, 2.45) is 4.99 Å². The zero-order valence-corrected chi connectivity index (χ0v) is 16.2. The quantitative estimate of drug-likeness (QED) is 0.511. The Kier molecular flexibility index (Phi) is 6.21. The van der Waals surface area contributed by atoms with Crippen LogP contribution in [0.1, 0.15) is 30.0 Å². The third kappa shape index (κ3) is 4.43. The van der Waals surface area contributed by atoms with Gasteiger partial charge in [0.25, 0.3) is 0 Å². The Morgan fingerprint density at radius 3 is 2.55 bits per heavy atom. The number of rotatable bonds is 5. The monoisotopic (exact) mass is 423 g/mol. The highest BCUT2D eigenvalue weighted by atomic mass is 79.9. The molecular formula is C18H19Br2NO. The molecule has 4 heteroatoms. The summed E-state index contributed by atoms with van der Waals surface area (Å²) in [7, 11) is 0. The Labute approximate surface area is 148 Å². The number of aryl methyl sites for hydroxylation is 2. The molecule has 0 heterocycles. The van der Waals surface area contributed by atoms with E-state index < -0.39 is 0 Å². The summed E-state index contributed by atoms with van der Waals surface area (Å²) < 4.78 is 7.76. The van der Waals surface area contributed by atoms with Gasteiger partial charge in [-0.25, -0.2) is 0 Å². The van der Waals surface area contributed by atoms with Crippen molar-refractivity contribution in [3.63, 3.8) is 0 Å². The van der Waals surface area contributed by atoms with Crippen LogP contribution in [0.4, 0.5) is 5.69 Å². The van der Waals surface area contributed by atoms with Crippen LogP contribution in [0, 0.1) is 13.8 Å². The lowest BCUT2D eigenvalue weighted by Crippen LogP contribution is -1.99. The zero-order valence-electron chi connectivity index (χ0n) is 13.0. The maximum Gasteiger partial charge on any atom is 0.142 e. The van der Waals surface area contributed by atoms with Crippen molar-refractivity contribution in [2.75, 3.05) is 6.61 Å². The molecule has 2 rings (SSSR count). The van der Waals surface area contributed by atoms with E-state index in [-0.39, 0.29) is 0 Å². The summed E-state index contributed by atoms with van der Waals surface area (Å²) in [6.07, 6.45) is 2.82. The first-order valence-corrected chi connectivity index (χ1v) is 8.83. The molecule has 22 heavy (non-hydrogen) atoms. The molecular weight excluding hydrogens is 406 g/mol. The van der Waals surface area contributed by atoms with E-state index in [1.807, 2.05) is 24.4 Å². The summed E-state index contributed by atoms with van der Waals surface area (Å²) in [6, 6.07) is 10.2. The first kappa shape index (κ1) is 17.2. The van der Waals surface area contributed by atoms with Gasteiger partial charge >= 0.3 is 0 Å². The van der Waals surface area contributed by atoms with Gasteiger partial charge in [0.05, 0.1) is 16.8 Å². The third-order valence-electron chi connectivity index (χ3n) is 3.33. The van der Waals surface area contributed by atoms with E-state index in [4.69, 9.17) is 4.74 Å². The van der Waals surface area contributed by atoms with Gasteiger partial charge in [0, 0.05) is 16.3 Å². The summed E-state index contributed by atoms with van der Waals surface area (Å²) in [5, 5.41) is 0. The van der Waals surface area contributed by atoms with E-state index in [1.165, 1.54) is 11.1 Å². The molecule has 0 aliphatic heterocycles. The van der Waals surface area contributed by atoms with Gasteiger partial charge in [-0.1, -0.05) is 28.9 Å². The molecule has 0 saturated heterocycles. The van der Waals surface area contributed by atoms with Gasteiger partial charge in [0.2, 0.25) is 0 Å². The van der Waals surface area contributed by atoms with Gasteiger partial charge in [-0.2, -0.15) is 0 Å². The minimum atomic E-state index is 0.685. The van der Waals surface area contributed by atoms with E-state index in [0.717, 1.165) is 32.4 Å². The number of ether oxygens (including phenoxy) is 1. The second-order valence-corrected chi connectivity index (χ2v) is 6.95. The molecule has 0 aliphatic rings. The molecule has 0 radical (unpaired) electrons. The standard InChI is InChI=1S/C18H19Br2NO/c1-4-7-22-18-14(9-15(19)10-17(18)20)11-21-16-6-5-12(2)13(3)8-16/h5-6,8-11H,4,7H2,1-3H3. The van der Waals surface area contributed by atoms with Crippen LogP contribution in [0.25, 0.3) is 0 Å². The van der Waals surface area contributed by atoms with Crippen molar-refractivity contribution < 1.29 is 4.74 Å². The maximum atomic E-state index is 5.84. The van der Waals surface area contributed by atoms with Crippen molar-refractivity contribution in [3.05, 3.63) is 56.0 Å². The lowest BCUT2D eigenvalue weighted by molar-refractivity contribution is 0.315. The predicted molar refractivity (Wildman–Crippen MR) is 101 cm³/mol. The van der Waals surface area contributed by atoms with Gasteiger partial charge in [-0.05, 0) is 71.6 Å². The van der Waals surface area contributed by atoms with E-state index in [1.54, 1.807) is 0 Å². The molecule has 0 amide bonds. The number of nitrogens with zero attached hydrogens (tertiary/aromatic N) is 1. The predicted octanol–water partition coefficient (Wildman–Crippen LogP) is 6.37. The number of hydrogen-bond acceptors (Lipinski definition) is 2. The van der Waals surface area contributed by atoms with Gasteiger partial charge < -0.3 is 4.74 Å². The summed E-state index contributed by atoms with van der Waals surface area (Å²) >= 11 is 7.07. The molecule has 0 aromatic heterocycles. The lowest BCUT2D eigenvalue weighted by Gasteiger charge is -2.11. The summed E-state index contributed by atoms with van der Waals surface area (Å²) in [6.45, 7) is 6.98. The number of hydrogen-bond donors (Lipinski definition) is 0. The molecule has 0 unspecified atom stereocenters. The average Bonchev–Trinajstić information content (AvgIpc) is 2.47. The summed E-state index contributed by atoms with van der Waals surface area (Å²) in [4.78, 5) is 4.58. The third-order valence-corrected chi connectivity index (χ3v) is 4.38. The van der Waals surface area contributed by atoms with Crippen molar-refractivity contribution in [1.29, 1.82) is 0 Å². The molecule has 0 atom stereocenters. The van der Waals surface area contributed by atoms with Gasteiger partial charge in [0.15, 0.2) is 0 Å². The van der Waals surface area contributed by atoms with E-state index in [0.29, 0.717) is 6.61 Å². The van der Waals surface area contributed by atoms with Gasteiger partial charge in [-0.15, -0.1) is 0 Å². The van der Waals surface area contributed by atoms with Crippen LogP contribution in [0.3, 0.4) is 0 Å². The fraction of sp³-hybridized carbons (Fsp3) is 0.278.